The monoisotopic (exact) mass is 284 g/mol. The first kappa shape index (κ1) is 14.6. The standard InChI is InChI=1S/C9H16O6S2/c1-7-4-5-8(14-16(2,10)11)9(6-7)15-17(3,12)13/h4,8-9H,5-6H2,1-3H3/t8-,9+/m1/s1. The Kier molecular flexibility index (Phi) is 4.34. The van der Waals surface area contributed by atoms with Crippen molar-refractivity contribution in [3.8, 4) is 0 Å². The van der Waals surface area contributed by atoms with Crippen LogP contribution < -0.4 is 0 Å². The minimum atomic E-state index is -3.64. The molecule has 6 nitrogen and oxygen atoms in total. The third-order valence-corrected chi connectivity index (χ3v) is 3.43. The van der Waals surface area contributed by atoms with Crippen LogP contribution in [0.1, 0.15) is 19.8 Å². The zero-order chi connectivity index (χ0) is 13.3. The average Bonchev–Trinajstić information content (AvgIpc) is 2.05. The fraction of sp³-hybridized carbons (Fsp3) is 0.778. The Morgan fingerprint density at radius 3 is 2.00 bits per heavy atom. The molecule has 100 valence electrons. The highest BCUT2D eigenvalue weighted by atomic mass is 32.2. The molecular weight excluding hydrogens is 268 g/mol. The maximum atomic E-state index is 11.1. The second kappa shape index (κ2) is 5.05. The van der Waals surface area contributed by atoms with Crippen molar-refractivity contribution in [2.24, 2.45) is 0 Å². The molecule has 0 bridgehead atoms. The van der Waals surface area contributed by atoms with Crippen LogP contribution in [0.15, 0.2) is 11.6 Å². The molecule has 0 saturated heterocycles. The molecule has 0 aromatic carbocycles. The molecule has 0 heterocycles. The van der Waals surface area contributed by atoms with E-state index in [0.717, 1.165) is 18.1 Å². The van der Waals surface area contributed by atoms with Crippen LogP contribution in [0.3, 0.4) is 0 Å². The topological polar surface area (TPSA) is 86.7 Å². The highest BCUT2D eigenvalue weighted by Crippen LogP contribution is 2.25. The summed E-state index contributed by atoms with van der Waals surface area (Å²) in [7, 11) is -7.27. The lowest BCUT2D eigenvalue weighted by Crippen LogP contribution is -2.36. The van der Waals surface area contributed by atoms with Crippen LogP contribution in [0, 0.1) is 0 Å². The maximum Gasteiger partial charge on any atom is 0.264 e. The van der Waals surface area contributed by atoms with Crippen molar-refractivity contribution >= 4 is 20.2 Å². The van der Waals surface area contributed by atoms with E-state index in [-0.39, 0.29) is 0 Å². The zero-order valence-electron chi connectivity index (χ0n) is 9.91. The van der Waals surface area contributed by atoms with Gasteiger partial charge < -0.3 is 0 Å². The van der Waals surface area contributed by atoms with Crippen LogP contribution in [-0.2, 0) is 28.6 Å². The minimum absolute atomic E-state index is 0.319. The smallest absolute Gasteiger partial charge is 0.264 e. The SMILES string of the molecule is CC1=CC[C@@H](OS(C)(=O)=O)[C@@H](OS(C)(=O)=O)C1. The Balaban J connectivity index is 2.86. The molecule has 1 aliphatic carbocycles. The highest BCUT2D eigenvalue weighted by Gasteiger charge is 2.31. The van der Waals surface area contributed by atoms with Crippen LogP contribution in [0.2, 0.25) is 0 Å². The predicted octanol–water partition coefficient (Wildman–Crippen LogP) is 0.416. The highest BCUT2D eigenvalue weighted by molar-refractivity contribution is 7.86. The van der Waals surface area contributed by atoms with Gasteiger partial charge in [-0.25, -0.2) is 0 Å². The Labute approximate surface area is 102 Å². The van der Waals surface area contributed by atoms with Crippen molar-refractivity contribution < 1.29 is 25.2 Å². The van der Waals surface area contributed by atoms with E-state index < -0.39 is 32.4 Å². The fourth-order valence-corrected chi connectivity index (χ4v) is 2.94. The Morgan fingerprint density at radius 1 is 1.06 bits per heavy atom. The van der Waals surface area contributed by atoms with E-state index in [1.54, 1.807) is 0 Å². The lowest BCUT2D eigenvalue weighted by Gasteiger charge is -2.28. The summed E-state index contributed by atoms with van der Waals surface area (Å²) < 4.78 is 53.9. The van der Waals surface area contributed by atoms with E-state index in [1.165, 1.54) is 0 Å². The van der Waals surface area contributed by atoms with E-state index in [0.29, 0.717) is 12.8 Å². The van der Waals surface area contributed by atoms with Crippen molar-refractivity contribution in [3.63, 3.8) is 0 Å². The van der Waals surface area contributed by atoms with Crippen LogP contribution in [-0.4, -0.2) is 41.6 Å². The average molecular weight is 284 g/mol. The molecular formula is C9H16O6S2. The van der Waals surface area contributed by atoms with Gasteiger partial charge in [0.25, 0.3) is 20.2 Å². The van der Waals surface area contributed by atoms with E-state index in [1.807, 2.05) is 13.0 Å². The first-order chi connectivity index (χ1) is 7.57. The van der Waals surface area contributed by atoms with Gasteiger partial charge in [0.1, 0.15) is 12.2 Å². The molecule has 0 aromatic heterocycles. The molecule has 0 radical (unpaired) electrons. The van der Waals surface area contributed by atoms with Crippen LogP contribution >= 0.6 is 0 Å². The first-order valence-electron chi connectivity index (χ1n) is 4.99. The fourth-order valence-electron chi connectivity index (χ4n) is 1.65. The number of hydrogen-bond acceptors (Lipinski definition) is 6. The Bertz CT molecular complexity index is 502. The lowest BCUT2D eigenvalue weighted by molar-refractivity contribution is 0.0603. The third kappa shape index (κ3) is 5.62. The van der Waals surface area contributed by atoms with Gasteiger partial charge in [-0.05, 0) is 19.8 Å². The van der Waals surface area contributed by atoms with Gasteiger partial charge in [-0.1, -0.05) is 11.6 Å². The molecule has 0 N–H and O–H groups in total. The van der Waals surface area contributed by atoms with Gasteiger partial charge in [0.05, 0.1) is 12.5 Å². The summed E-state index contributed by atoms with van der Waals surface area (Å²) in [6.45, 7) is 1.83. The molecule has 0 spiro atoms. The predicted molar refractivity (Wildman–Crippen MR) is 62.4 cm³/mol. The summed E-state index contributed by atoms with van der Waals surface area (Å²) in [6, 6.07) is 0. The van der Waals surface area contributed by atoms with Gasteiger partial charge in [0.2, 0.25) is 0 Å². The molecule has 0 saturated carbocycles. The summed E-state index contributed by atoms with van der Waals surface area (Å²) in [4.78, 5) is 0. The molecule has 0 aliphatic heterocycles. The summed E-state index contributed by atoms with van der Waals surface area (Å²) in [6.07, 6.45) is 2.76. The van der Waals surface area contributed by atoms with Gasteiger partial charge >= 0.3 is 0 Å². The van der Waals surface area contributed by atoms with Gasteiger partial charge in [-0.15, -0.1) is 0 Å². The Morgan fingerprint density at radius 2 is 1.53 bits per heavy atom. The summed E-state index contributed by atoms with van der Waals surface area (Å²) >= 11 is 0. The molecule has 1 rings (SSSR count). The van der Waals surface area contributed by atoms with E-state index in [9.17, 15) is 16.8 Å². The summed E-state index contributed by atoms with van der Waals surface area (Å²) in [5.41, 5.74) is 0.951. The zero-order valence-corrected chi connectivity index (χ0v) is 11.5. The van der Waals surface area contributed by atoms with E-state index >= 15 is 0 Å². The normalized spacial score (nSPS) is 26.6. The molecule has 8 heteroatoms. The van der Waals surface area contributed by atoms with Crippen molar-refractivity contribution in [1.82, 2.24) is 0 Å². The summed E-state index contributed by atoms with van der Waals surface area (Å²) in [5, 5.41) is 0. The second-order valence-corrected chi connectivity index (χ2v) is 7.37. The van der Waals surface area contributed by atoms with Gasteiger partial charge in [0, 0.05) is 0 Å². The number of hydrogen-bond donors (Lipinski definition) is 0. The van der Waals surface area contributed by atoms with Gasteiger partial charge in [0.15, 0.2) is 0 Å². The second-order valence-electron chi connectivity index (χ2n) is 4.17. The molecule has 0 amide bonds. The molecule has 1 aliphatic rings. The van der Waals surface area contributed by atoms with Gasteiger partial charge in [-0.2, -0.15) is 16.8 Å². The Hall–Kier alpha value is -0.440. The minimum Gasteiger partial charge on any atom is -0.264 e. The largest absolute Gasteiger partial charge is 0.264 e. The van der Waals surface area contributed by atoms with Crippen molar-refractivity contribution in [2.45, 2.75) is 32.0 Å². The van der Waals surface area contributed by atoms with Crippen LogP contribution in [0.5, 0.6) is 0 Å². The molecule has 0 unspecified atom stereocenters. The number of rotatable bonds is 4. The summed E-state index contributed by atoms with van der Waals surface area (Å²) in [5.74, 6) is 0. The maximum absolute atomic E-state index is 11.1. The van der Waals surface area contributed by atoms with Crippen LogP contribution in [0.25, 0.3) is 0 Å². The van der Waals surface area contributed by atoms with E-state index in [4.69, 9.17) is 8.37 Å². The van der Waals surface area contributed by atoms with Crippen molar-refractivity contribution in [2.75, 3.05) is 12.5 Å². The quantitative estimate of drug-likeness (QED) is 0.549. The third-order valence-electron chi connectivity index (χ3n) is 2.23. The van der Waals surface area contributed by atoms with Gasteiger partial charge in [-0.3, -0.25) is 8.37 Å². The molecule has 17 heavy (non-hydrogen) atoms. The lowest BCUT2D eigenvalue weighted by atomic mass is 9.96. The van der Waals surface area contributed by atoms with Crippen LogP contribution in [0.4, 0.5) is 0 Å². The van der Waals surface area contributed by atoms with Crippen molar-refractivity contribution in [3.05, 3.63) is 11.6 Å². The first-order valence-corrected chi connectivity index (χ1v) is 8.62. The molecule has 0 aromatic rings. The molecule has 2 atom stereocenters. The molecule has 0 fully saturated rings. The van der Waals surface area contributed by atoms with Crippen molar-refractivity contribution in [1.29, 1.82) is 0 Å². The van der Waals surface area contributed by atoms with E-state index in [2.05, 4.69) is 0 Å².